The third-order valence-corrected chi connectivity index (χ3v) is 2.30. The second-order valence-corrected chi connectivity index (χ2v) is 3.51. The summed E-state index contributed by atoms with van der Waals surface area (Å²) < 4.78 is 15.3. The number of urea groups is 1. The number of nitrogens with zero attached hydrogens (tertiary/aromatic N) is 1. The molecule has 5 nitrogen and oxygen atoms in total. The number of anilines is 1. The van der Waals surface area contributed by atoms with Crippen LogP contribution in [0.3, 0.4) is 0 Å². The van der Waals surface area contributed by atoms with E-state index >= 15 is 0 Å². The number of carbonyl (C=O) groups excluding carboxylic acids is 1. The molecule has 0 fully saturated rings. The van der Waals surface area contributed by atoms with Crippen molar-refractivity contribution in [1.82, 2.24) is 10.0 Å². The van der Waals surface area contributed by atoms with Crippen LogP contribution in [0.25, 0.3) is 5.69 Å². The predicted molar refractivity (Wildman–Crippen MR) is 64.9 cm³/mol. The van der Waals surface area contributed by atoms with Crippen LogP contribution in [-0.4, -0.2) is 17.7 Å². The Labute approximate surface area is 103 Å². The molecule has 2 N–H and O–H groups in total. The van der Waals surface area contributed by atoms with Crippen molar-refractivity contribution >= 4 is 11.7 Å². The third-order valence-electron chi connectivity index (χ3n) is 2.30. The molecular weight excluding hydrogens is 237 g/mol. The molecular formula is C12H12FN3O2. The van der Waals surface area contributed by atoms with Crippen LogP contribution in [0.2, 0.25) is 0 Å². The van der Waals surface area contributed by atoms with Crippen molar-refractivity contribution in [2.75, 3.05) is 12.4 Å². The summed E-state index contributed by atoms with van der Waals surface area (Å²) in [6.45, 7) is 0. The lowest BCUT2D eigenvalue weighted by Crippen LogP contribution is -2.27. The number of hydroxylamine groups is 1. The highest BCUT2D eigenvalue weighted by atomic mass is 19.1. The average Bonchev–Trinajstić information content (AvgIpc) is 2.86. The molecule has 0 atom stereocenters. The summed E-state index contributed by atoms with van der Waals surface area (Å²) in [5.74, 6) is -0.517. The molecule has 2 aromatic rings. The molecule has 0 unspecified atom stereocenters. The van der Waals surface area contributed by atoms with E-state index < -0.39 is 11.8 Å². The number of halogens is 1. The van der Waals surface area contributed by atoms with Crippen molar-refractivity contribution in [3.63, 3.8) is 0 Å². The van der Waals surface area contributed by atoms with Crippen molar-refractivity contribution in [2.24, 2.45) is 0 Å². The van der Waals surface area contributed by atoms with E-state index in [-0.39, 0.29) is 5.69 Å². The molecule has 1 aromatic heterocycles. The summed E-state index contributed by atoms with van der Waals surface area (Å²) in [7, 11) is 1.30. The Balaban J connectivity index is 2.24. The number of carbonyl (C=O) groups is 1. The summed E-state index contributed by atoms with van der Waals surface area (Å²) in [5.41, 5.74) is 2.88. The van der Waals surface area contributed by atoms with Gasteiger partial charge in [-0.05, 0) is 30.3 Å². The second-order valence-electron chi connectivity index (χ2n) is 3.51. The minimum Gasteiger partial charge on any atom is -0.324 e. The molecule has 0 aliphatic rings. The minimum atomic E-state index is -0.638. The van der Waals surface area contributed by atoms with Gasteiger partial charge >= 0.3 is 6.03 Å². The van der Waals surface area contributed by atoms with Crippen LogP contribution < -0.4 is 10.8 Å². The SMILES string of the molecule is CONC(=O)Nc1cc(-n2cccc2)ccc1F. The summed E-state index contributed by atoms with van der Waals surface area (Å²) in [4.78, 5) is 15.7. The van der Waals surface area contributed by atoms with Crippen molar-refractivity contribution < 1.29 is 14.0 Å². The first-order chi connectivity index (χ1) is 8.70. The molecule has 0 saturated heterocycles. The zero-order valence-corrected chi connectivity index (χ0v) is 9.68. The van der Waals surface area contributed by atoms with E-state index in [4.69, 9.17) is 0 Å². The lowest BCUT2D eigenvalue weighted by Gasteiger charge is -2.09. The monoisotopic (exact) mass is 249 g/mol. The van der Waals surface area contributed by atoms with Crippen LogP contribution in [0, 0.1) is 5.82 Å². The summed E-state index contributed by atoms with van der Waals surface area (Å²) in [6.07, 6.45) is 3.65. The van der Waals surface area contributed by atoms with Crippen LogP contribution in [0.4, 0.5) is 14.9 Å². The van der Waals surface area contributed by atoms with Crippen LogP contribution in [-0.2, 0) is 4.84 Å². The van der Waals surface area contributed by atoms with Gasteiger partial charge in [-0.15, -0.1) is 0 Å². The molecule has 18 heavy (non-hydrogen) atoms. The number of rotatable bonds is 3. The van der Waals surface area contributed by atoms with Gasteiger partial charge < -0.3 is 9.88 Å². The predicted octanol–water partition coefficient (Wildman–Crippen LogP) is 2.30. The van der Waals surface area contributed by atoms with E-state index in [1.54, 1.807) is 10.6 Å². The summed E-state index contributed by atoms with van der Waals surface area (Å²) in [6, 6.07) is 7.51. The van der Waals surface area contributed by atoms with Crippen LogP contribution >= 0.6 is 0 Å². The highest BCUT2D eigenvalue weighted by Crippen LogP contribution is 2.19. The minimum absolute atomic E-state index is 0.0794. The van der Waals surface area contributed by atoms with Crippen LogP contribution in [0.1, 0.15) is 0 Å². The van der Waals surface area contributed by atoms with E-state index in [1.165, 1.54) is 19.2 Å². The normalized spacial score (nSPS) is 10.1. The number of amides is 2. The zero-order chi connectivity index (χ0) is 13.0. The van der Waals surface area contributed by atoms with Gasteiger partial charge in [-0.2, -0.15) is 0 Å². The smallest absolute Gasteiger partial charge is 0.324 e. The van der Waals surface area contributed by atoms with E-state index in [0.717, 1.165) is 5.69 Å². The van der Waals surface area contributed by atoms with Gasteiger partial charge in [0.2, 0.25) is 0 Å². The summed E-state index contributed by atoms with van der Waals surface area (Å²) in [5, 5.41) is 2.35. The van der Waals surface area contributed by atoms with Gasteiger partial charge in [-0.1, -0.05) is 0 Å². The van der Waals surface area contributed by atoms with Gasteiger partial charge in [-0.25, -0.2) is 14.7 Å². The van der Waals surface area contributed by atoms with Crippen molar-refractivity contribution in [2.45, 2.75) is 0 Å². The maximum atomic E-state index is 13.5. The van der Waals surface area contributed by atoms with Gasteiger partial charge in [0.15, 0.2) is 0 Å². The van der Waals surface area contributed by atoms with Gasteiger partial charge in [-0.3, -0.25) is 4.84 Å². The number of hydrogen-bond donors (Lipinski definition) is 2. The van der Waals surface area contributed by atoms with E-state index in [9.17, 15) is 9.18 Å². The van der Waals surface area contributed by atoms with Gasteiger partial charge in [0.25, 0.3) is 0 Å². The third kappa shape index (κ3) is 2.67. The Morgan fingerprint density at radius 1 is 1.33 bits per heavy atom. The Hall–Kier alpha value is -2.34. The molecule has 94 valence electrons. The fourth-order valence-electron chi connectivity index (χ4n) is 1.52. The molecule has 0 spiro atoms. The standard InChI is InChI=1S/C12H12FN3O2/c1-18-15-12(17)14-11-8-9(4-5-10(11)13)16-6-2-3-7-16/h2-8H,1H3,(H2,14,15,17). The van der Waals surface area contributed by atoms with Crippen molar-refractivity contribution in [1.29, 1.82) is 0 Å². The Morgan fingerprint density at radius 3 is 2.72 bits per heavy atom. The fourth-order valence-corrected chi connectivity index (χ4v) is 1.52. The van der Waals surface area contributed by atoms with Crippen molar-refractivity contribution in [3.8, 4) is 5.69 Å². The highest BCUT2D eigenvalue weighted by molar-refractivity contribution is 5.88. The molecule has 0 aliphatic heterocycles. The van der Waals surface area contributed by atoms with Gasteiger partial charge in [0.05, 0.1) is 12.8 Å². The Bertz CT molecular complexity index is 540. The maximum Gasteiger partial charge on any atom is 0.343 e. The van der Waals surface area contributed by atoms with E-state index in [2.05, 4.69) is 15.6 Å². The molecule has 6 heteroatoms. The molecule has 1 aromatic carbocycles. The summed E-state index contributed by atoms with van der Waals surface area (Å²) >= 11 is 0. The first-order valence-corrected chi connectivity index (χ1v) is 5.23. The lowest BCUT2D eigenvalue weighted by molar-refractivity contribution is 0.114. The maximum absolute atomic E-state index is 13.5. The van der Waals surface area contributed by atoms with E-state index in [0.29, 0.717) is 0 Å². The molecule has 0 aliphatic carbocycles. The first kappa shape index (κ1) is 12.1. The molecule has 0 saturated carbocycles. The van der Waals surface area contributed by atoms with Crippen LogP contribution in [0.15, 0.2) is 42.7 Å². The number of hydrogen-bond acceptors (Lipinski definition) is 2. The van der Waals surface area contributed by atoms with E-state index in [1.807, 2.05) is 24.5 Å². The number of benzene rings is 1. The Morgan fingerprint density at radius 2 is 2.06 bits per heavy atom. The van der Waals surface area contributed by atoms with Gasteiger partial charge in [0.1, 0.15) is 5.82 Å². The number of aromatic nitrogens is 1. The second kappa shape index (κ2) is 5.33. The molecule has 2 rings (SSSR count). The lowest BCUT2D eigenvalue weighted by atomic mass is 10.2. The van der Waals surface area contributed by atoms with Gasteiger partial charge in [0, 0.05) is 18.1 Å². The molecule has 2 amide bonds. The average molecular weight is 249 g/mol. The molecule has 1 heterocycles. The Kier molecular flexibility index (Phi) is 3.59. The topological polar surface area (TPSA) is 55.3 Å². The zero-order valence-electron chi connectivity index (χ0n) is 9.68. The quantitative estimate of drug-likeness (QED) is 0.820. The fraction of sp³-hybridized carbons (Fsp3) is 0.0833. The van der Waals surface area contributed by atoms with Crippen molar-refractivity contribution in [3.05, 3.63) is 48.5 Å². The molecule has 0 bridgehead atoms. The largest absolute Gasteiger partial charge is 0.343 e. The first-order valence-electron chi connectivity index (χ1n) is 5.23. The van der Waals surface area contributed by atoms with Crippen LogP contribution in [0.5, 0.6) is 0 Å². The number of nitrogens with one attached hydrogen (secondary N) is 2. The molecule has 0 radical (unpaired) electrons. The highest BCUT2D eigenvalue weighted by Gasteiger charge is 2.08.